The Balaban J connectivity index is 2.23. The molecule has 0 bridgehead atoms. The fraction of sp³-hybridized carbons (Fsp3) is 0.615. The summed E-state index contributed by atoms with van der Waals surface area (Å²) in [5, 5.41) is 3.46. The zero-order chi connectivity index (χ0) is 12.3. The molecule has 4 heteroatoms. The van der Waals surface area contributed by atoms with E-state index in [-0.39, 0.29) is 0 Å². The van der Waals surface area contributed by atoms with Crippen LogP contribution in [-0.2, 0) is 0 Å². The Morgan fingerprint density at radius 3 is 3.06 bits per heavy atom. The number of hydrogen-bond donors (Lipinski definition) is 1. The Morgan fingerprint density at radius 1 is 1.59 bits per heavy atom. The molecular formula is C13H21N3S. The second-order valence-corrected chi connectivity index (χ2v) is 5.77. The molecule has 1 aliphatic heterocycles. The van der Waals surface area contributed by atoms with Crippen molar-refractivity contribution < 1.29 is 0 Å². The van der Waals surface area contributed by atoms with Crippen LogP contribution in [0.4, 0.5) is 0 Å². The number of nitrogens with zero attached hydrogens (tertiary/aromatic N) is 2. The van der Waals surface area contributed by atoms with Gasteiger partial charge in [-0.05, 0) is 38.2 Å². The highest BCUT2D eigenvalue weighted by atomic mass is 32.2. The minimum Gasteiger partial charge on any atom is -0.312 e. The summed E-state index contributed by atoms with van der Waals surface area (Å²) in [7, 11) is 4.27. The Labute approximate surface area is 108 Å². The van der Waals surface area contributed by atoms with Crippen LogP contribution in [0, 0.1) is 6.92 Å². The van der Waals surface area contributed by atoms with E-state index in [1.165, 1.54) is 29.2 Å². The number of hydrogen-bond acceptors (Lipinski definition) is 4. The van der Waals surface area contributed by atoms with Crippen molar-refractivity contribution in [1.82, 2.24) is 15.2 Å². The van der Waals surface area contributed by atoms with E-state index in [0.717, 1.165) is 0 Å². The van der Waals surface area contributed by atoms with Crippen LogP contribution in [0.2, 0.25) is 0 Å². The molecule has 2 unspecified atom stereocenters. The molecule has 17 heavy (non-hydrogen) atoms. The van der Waals surface area contributed by atoms with Crippen LogP contribution in [0.1, 0.15) is 17.2 Å². The summed E-state index contributed by atoms with van der Waals surface area (Å²) in [6.45, 7) is 3.34. The molecule has 1 aromatic heterocycles. The highest BCUT2D eigenvalue weighted by Crippen LogP contribution is 2.27. The van der Waals surface area contributed by atoms with Gasteiger partial charge >= 0.3 is 0 Å². The van der Waals surface area contributed by atoms with E-state index in [0.29, 0.717) is 12.1 Å². The number of nitrogens with one attached hydrogen (secondary N) is 1. The predicted octanol–water partition coefficient (Wildman–Crippen LogP) is 1.70. The van der Waals surface area contributed by atoms with Gasteiger partial charge in [0.1, 0.15) is 0 Å². The first-order valence-corrected chi connectivity index (χ1v) is 7.25. The van der Waals surface area contributed by atoms with Gasteiger partial charge in [-0.3, -0.25) is 9.88 Å². The molecule has 0 aromatic carbocycles. The number of aromatic nitrogens is 1. The van der Waals surface area contributed by atoms with Gasteiger partial charge in [-0.25, -0.2) is 0 Å². The molecule has 94 valence electrons. The first-order chi connectivity index (χ1) is 8.24. The molecule has 1 aromatic rings. The van der Waals surface area contributed by atoms with Crippen LogP contribution in [0.5, 0.6) is 0 Å². The second-order valence-electron chi connectivity index (χ2n) is 4.62. The number of likely N-dealkylation sites (N-methyl/N-ethyl adjacent to an activating group) is 2. The van der Waals surface area contributed by atoms with Gasteiger partial charge < -0.3 is 5.32 Å². The van der Waals surface area contributed by atoms with Gasteiger partial charge in [0.15, 0.2) is 0 Å². The molecule has 0 saturated carbocycles. The summed E-state index contributed by atoms with van der Waals surface area (Å²) in [4.78, 5) is 6.73. The molecule has 2 atom stereocenters. The summed E-state index contributed by atoms with van der Waals surface area (Å²) >= 11 is 2.05. The van der Waals surface area contributed by atoms with Crippen molar-refractivity contribution in [3.05, 3.63) is 29.6 Å². The van der Waals surface area contributed by atoms with Crippen molar-refractivity contribution in [2.75, 3.05) is 32.1 Å². The second kappa shape index (κ2) is 5.85. The lowest BCUT2D eigenvalue weighted by molar-refractivity contribution is 0.220. The maximum atomic E-state index is 4.27. The third-order valence-electron chi connectivity index (χ3n) is 3.55. The SMILES string of the molecule is CNC(c1cnccc1C)C1CSCCN1C. The molecule has 1 aliphatic rings. The van der Waals surface area contributed by atoms with E-state index >= 15 is 0 Å². The van der Waals surface area contributed by atoms with Gasteiger partial charge in [-0.1, -0.05) is 0 Å². The maximum Gasteiger partial charge on any atom is 0.0501 e. The molecule has 0 amide bonds. The summed E-state index contributed by atoms with van der Waals surface area (Å²) in [5.74, 6) is 2.44. The fourth-order valence-corrected chi connectivity index (χ4v) is 3.69. The molecule has 0 spiro atoms. The Bertz CT molecular complexity index is 369. The molecule has 3 nitrogen and oxygen atoms in total. The normalized spacial score (nSPS) is 23.6. The standard InChI is InChI=1S/C13H21N3S/c1-10-4-5-15-8-11(10)13(14-2)12-9-17-7-6-16(12)3/h4-5,8,12-14H,6-7,9H2,1-3H3. The highest BCUT2D eigenvalue weighted by Gasteiger charge is 2.28. The summed E-state index contributed by atoms with van der Waals surface area (Å²) in [6.07, 6.45) is 3.87. The first kappa shape index (κ1) is 12.9. The molecule has 1 fully saturated rings. The zero-order valence-electron chi connectivity index (χ0n) is 10.8. The van der Waals surface area contributed by atoms with Crippen LogP contribution >= 0.6 is 11.8 Å². The number of aryl methyl sites for hydroxylation is 1. The van der Waals surface area contributed by atoms with Crippen LogP contribution in [0.15, 0.2) is 18.5 Å². The van der Waals surface area contributed by atoms with E-state index < -0.39 is 0 Å². The fourth-order valence-electron chi connectivity index (χ4n) is 2.41. The zero-order valence-corrected chi connectivity index (χ0v) is 11.6. The molecule has 2 rings (SSSR count). The van der Waals surface area contributed by atoms with Crippen molar-refractivity contribution in [3.8, 4) is 0 Å². The van der Waals surface area contributed by atoms with E-state index in [1.807, 2.05) is 31.2 Å². The van der Waals surface area contributed by atoms with E-state index in [2.05, 4.69) is 35.2 Å². The third-order valence-corrected chi connectivity index (χ3v) is 4.60. The van der Waals surface area contributed by atoms with Crippen LogP contribution in [-0.4, -0.2) is 48.1 Å². The average molecular weight is 251 g/mol. The van der Waals surface area contributed by atoms with Crippen molar-refractivity contribution >= 4 is 11.8 Å². The summed E-state index contributed by atoms with van der Waals surface area (Å²) < 4.78 is 0. The Morgan fingerprint density at radius 2 is 2.41 bits per heavy atom. The van der Waals surface area contributed by atoms with E-state index in [1.54, 1.807) is 0 Å². The molecule has 1 saturated heterocycles. The average Bonchev–Trinajstić information content (AvgIpc) is 2.34. The predicted molar refractivity (Wildman–Crippen MR) is 74.5 cm³/mol. The minimum atomic E-state index is 0.376. The van der Waals surface area contributed by atoms with Gasteiger partial charge in [-0.15, -0.1) is 0 Å². The van der Waals surface area contributed by atoms with Crippen LogP contribution < -0.4 is 5.32 Å². The molecular weight excluding hydrogens is 230 g/mol. The maximum absolute atomic E-state index is 4.27. The van der Waals surface area contributed by atoms with Crippen LogP contribution in [0.25, 0.3) is 0 Å². The Hall–Kier alpha value is -0.580. The smallest absolute Gasteiger partial charge is 0.0501 e. The summed E-state index contributed by atoms with van der Waals surface area (Å²) in [5.41, 5.74) is 2.65. The number of rotatable bonds is 3. The van der Waals surface area contributed by atoms with Crippen molar-refractivity contribution in [2.45, 2.75) is 19.0 Å². The monoisotopic (exact) mass is 251 g/mol. The van der Waals surface area contributed by atoms with Crippen molar-refractivity contribution in [2.24, 2.45) is 0 Å². The topological polar surface area (TPSA) is 28.2 Å². The molecule has 0 aliphatic carbocycles. The number of pyridine rings is 1. The third kappa shape index (κ3) is 2.81. The Kier molecular flexibility index (Phi) is 4.42. The number of thioether (sulfide) groups is 1. The molecule has 1 N–H and O–H groups in total. The first-order valence-electron chi connectivity index (χ1n) is 6.10. The molecule has 2 heterocycles. The molecule has 0 radical (unpaired) electrons. The van der Waals surface area contributed by atoms with Crippen LogP contribution in [0.3, 0.4) is 0 Å². The lowest BCUT2D eigenvalue weighted by atomic mass is 9.97. The lowest BCUT2D eigenvalue weighted by Gasteiger charge is -2.38. The largest absolute Gasteiger partial charge is 0.312 e. The van der Waals surface area contributed by atoms with E-state index in [4.69, 9.17) is 0 Å². The quantitative estimate of drug-likeness (QED) is 0.885. The van der Waals surface area contributed by atoms with Crippen molar-refractivity contribution in [3.63, 3.8) is 0 Å². The minimum absolute atomic E-state index is 0.376. The van der Waals surface area contributed by atoms with Gasteiger partial charge in [0.05, 0.1) is 6.04 Å². The van der Waals surface area contributed by atoms with Crippen molar-refractivity contribution in [1.29, 1.82) is 0 Å². The summed E-state index contributed by atoms with van der Waals surface area (Å²) in [6, 6.07) is 3.03. The van der Waals surface area contributed by atoms with Gasteiger partial charge in [-0.2, -0.15) is 11.8 Å². The van der Waals surface area contributed by atoms with Gasteiger partial charge in [0.2, 0.25) is 0 Å². The van der Waals surface area contributed by atoms with Gasteiger partial charge in [0, 0.05) is 36.5 Å². The van der Waals surface area contributed by atoms with Gasteiger partial charge in [0.25, 0.3) is 0 Å². The lowest BCUT2D eigenvalue weighted by Crippen LogP contribution is -2.47. The highest BCUT2D eigenvalue weighted by molar-refractivity contribution is 7.99. The van der Waals surface area contributed by atoms with E-state index in [9.17, 15) is 0 Å².